The van der Waals surface area contributed by atoms with Crippen LogP contribution in [0, 0.1) is 6.92 Å². The monoisotopic (exact) mass is 379 g/mol. The van der Waals surface area contributed by atoms with Gasteiger partial charge in [0.15, 0.2) is 0 Å². The largest absolute Gasteiger partial charge is 0.368 e. The first-order chi connectivity index (χ1) is 13.6. The van der Waals surface area contributed by atoms with E-state index in [2.05, 4.69) is 17.1 Å². The van der Waals surface area contributed by atoms with Gasteiger partial charge < -0.3 is 15.1 Å². The molecule has 2 aromatic carbocycles. The number of hydrogen-bond donors (Lipinski definition) is 1. The van der Waals surface area contributed by atoms with Crippen LogP contribution in [0.1, 0.15) is 42.1 Å². The first-order valence-electron chi connectivity index (χ1n) is 10.1. The predicted molar refractivity (Wildman–Crippen MR) is 114 cm³/mol. The third-order valence-corrected chi connectivity index (χ3v) is 5.18. The average molecular weight is 380 g/mol. The second-order valence-electron chi connectivity index (χ2n) is 7.34. The summed E-state index contributed by atoms with van der Waals surface area (Å²) in [5, 5.41) is 2.94. The molecule has 0 bridgehead atoms. The summed E-state index contributed by atoms with van der Waals surface area (Å²) >= 11 is 0. The molecule has 1 aliphatic rings. The number of nitrogens with zero attached hydrogens (tertiary/aromatic N) is 2. The van der Waals surface area contributed by atoms with E-state index in [9.17, 15) is 9.59 Å². The fourth-order valence-electron chi connectivity index (χ4n) is 3.36. The van der Waals surface area contributed by atoms with E-state index in [1.54, 1.807) is 0 Å². The summed E-state index contributed by atoms with van der Waals surface area (Å²) in [5.41, 5.74) is 3.68. The van der Waals surface area contributed by atoms with Crippen LogP contribution in [0.3, 0.4) is 0 Å². The Hall–Kier alpha value is -2.82. The molecule has 0 atom stereocenters. The van der Waals surface area contributed by atoms with E-state index in [-0.39, 0.29) is 11.8 Å². The van der Waals surface area contributed by atoms with Gasteiger partial charge in [0.05, 0.1) is 0 Å². The SMILES string of the molecule is CCCCC(=O)N1CCN(c2ccc(NC(=O)c3ccc(C)cc3)cc2)CC1. The maximum Gasteiger partial charge on any atom is 0.255 e. The second kappa shape index (κ2) is 9.40. The van der Waals surface area contributed by atoms with Gasteiger partial charge in [-0.3, -0.25) is 9.59 Å². The lowest BCUT2D eigenvalue weighted by Gasteiger charge is -2.36. The quantitative estimate of drug-likeness (QED) is 0.823. The Balaban J connectivity index is 1.53. The highest BCUT2D eigenvalue weighted by Gasteiger charge is 2.20. The number of amides is 2. The van der Waals surface area contributed by atoms with E-state index >= 15 is 0 Å². The number of unbranched alkanes of at least 4 members (excludes halogenated alkanes) is 1. The van der Waals surface area contributed by atoms with Crippen molar-refractivity contribution in [2.24, 2.45) is 0 Å². The minimum Gasteiger partial charge on any atom is -0.368 e. The Bertz CT molecular complexity index is 792. The predicted octanol–water partition coefficient (Wildman–Crippen LogP) is 4.09. The van der Waals surface area contributed by atoms with Crippen LogP contribution in [-0.2, 0) is 4.79 Å². The fraction of sp³-hybridized carbons (Fsp3) is 0.391. The third-order valence-electron chi connectivity index (χ3n) is 5.18. The molecule has 1 N–H and O–H groups in total. The Kier molecular flexibility index (Phi) is 6.69. The van der Waals surface area contributed by atoms with Gasteiger partial charge in [-0.2, -0.15) is 0 Å². The molecule has 3 rings (SSSR count). The van der Waals surface area contributed by atoms with E-state index in [4.69, 9.17) is 0 Å². The highest BCUT2D eigenvalue weighted by atomic mass is 16.2. The van der Waals surface area contributed by atoms with Crippen LogP contribution in [0.15, 0.2) is 48.5 Å². The Morgan fingerprint density at radius 2 is 1.57 bits per heavy atom. The van der Waals surface area contributed by atoms with Crippen LogP contribution < -0.4 is 10.2 Å². The van der Waals surface area contributed by atoms with E-state index in [1.165, 1.54) is 0 Å². The molecule has 0 radical (unpaired) electrons. The molecule has 5 nitrogen and oxygen atoms in total. The number of aryl methyl sites for hydroxylation is 1. The Morgan fingerprint density at radius 3 is 2.18 bits per heavy atom. The van der Waals surface area contributed by atoms with Gasteiger partial charge in [0.25, 0.3) is 5.91 Å². The number of rotatable bonds is 6. The first-order valence-corrected chi connectivity index (χ1v) is 10.1. The number of anilines is 2. The molecule has 148 valence electrons. The van der Waals surface area contributed by atoms with Crippen molar-refractivity contribution < 1.29 is 9.59 Å². The van der Waals surface area contributed by atoms with Crippen molar-refractivity contribution in [1.29, 1.82) is 0 Å². The molecule has 1 aliphatic heterocycles. The molecule has 5 heteroatoms. The van der Waals surface area contributed by atoms with Crippen LogP contribution in [0.2, 0.25) is 0 Å². The maximum absolute atomic E-state index is 12.3. The molecule has 2 aromatic rings. The van der Waals surface area contributed by atoms with Crippen LogP contribution in [0.4, 0.5) is 11.4 Å². The Labute approximate surface area is 167 Å². The summed E-state index contributed by atoms with van der Waals surface area (Å²) in [6.45, 7) is 7.34. The number of carbonyl (C=O) groups is 2. The number of carbonyl (C=O) groups excluding carboxylic acids is 2. The van der Waals surface area contributed by atoms with Gasteiger partial charge in [-0.05, 0) is 49.7 Å². The lowest BCUT2D eigenvalue weighted by Crippen LogP contribution is -2.48. The summed E-state index contributed by atoms with van der Waals surface area (Å²) in [5.74, 6) is 0.169. The topological polar surface area (TPSA) is 52.7 Å². The third kappa shape index (κ3) is 5.12. The lowest BCUT2D eigenvalue weighted by molar-refractivity contribution is -0.131. The maximum atomic E-state index is 12.3. The molecular weight excluding hydrogens is 350 g/mol. The Morgan fingerprint density at radius 1 is 0.929 bits per heavy atom. The molecule has 0 aromatic heterocycles. The van der Waals surface area contributed by atoms with Crippen LogP contribution in [0.25, 0.3) is 0 Å². The summed E-state index contributed by atoms with van der Waals surface area (Å²) in [4.78, 5) is 28.7. The van der Waals surface area contributed by atoms with Gasteiger partial charge in [0, 0.05) is 49.5 Å². The number of hydrogen-bond acceptors (Lipinski definition) is 3. The van der Waals surface area contributed by atoms with E-state index in [0.717, 1.165) is 56.0 Å². The molecule has 28 heavy (non-hydrogen) atoms. The fourth-order valence-corrected chi connectivity index (χ4v) is 3.36. The van der Waals surface area contributed by atoms with Crippen molar-refractivity contribution in [3.8, 4) is 0 Å². The minimum absolute atomic E-state index is 0.105. The van der Waals surface area contributed by atoms with E-state index in [0.29, 0.717) is 12.0 Å². The van der Waals surface area contributed by atoms with Crippen molar-refractivity contribution in [1.82, 2.24) is 4.90 Å². The summed E-state index contributed by atoms with van der Waals surface area (Å²) in [6.07, 6.45) is 2.68. The number of piperazine rings is 1. The van der Waals surface area contributed by atoms with Gasteiger partial charge in [0.2, 0.25) is 5.91 Å². The van der Waals surface area contributed by atoms with Crippen molar-refractivity contribution >= 4 is 23.2 Å². The summed E-state index contributed by atoms with van der Waals surface area (Å²) < 4.78 is 0. The average Bonchev–Trinajstić information content (AvgIpc) is 2.73. The van der Waals surface area contributed by atoms with E-state index in [1.807, 2.05) is 60.4 Å². The molecule has 1 saturated heterocycles. The smallest absolute Gasteiger partial charge is 0.255 e. The molecular formula is C23H29N3O2. The van der Waals surface area contributed by atoms with Crippen molar-refractivity contribution in [2.45, 2.75) is 33.1 Å². The molecule has 0 unspecified atom stereocenters. The van der Waals surface area contributed by atoms with Gasteiger partial charge >= 0.3 is 0 Å². The number of nitrogens with one attached hydrogen (secondary N) is 1. The zero-order valence-electron chi connectivity index (χ0n) is 16.8. The van der Waals surface area contributed by atoms with Gasteiger partial charge in [-0.1, -0.05) is 31.0 Å². The molecule has 1 fully saturated rings. The highest BCUT2D eigenvalue weighted by Crippen LogP contribution is 2.20. The lowest BCUT2D eigenvalue weighted by atomic mass is 10.1. The molecule has 2 amide bonds. The van der Waals surface area contributed by atoms with Crippen molar-refractivity contribution in [2.75, 3.05) is 36.4 Å². The van der Waals surface area contributed by atoms with Gasteiger partial charge in [-0.15, -0.1) is 0 Å². The van der Waals surface area contributed by atoms with Crippen LogP contribution >= 0.6 is 0 Å². The number of benzene rings is 2. The van der Waals surface area contributed by atoms with Crippen LogP contribution in [0.5, 0.6) is 0 Å². The zero-order valence-corrected chi connectivity index (χ0v) is 16.8. The van der Waals surface area contributed by atoms with E-state index < -0.39 is 0 Å². The highest BCUT2D eigenvalue weighted by molar-refractivity contribution is 6.04. The molecule has 0 aliphatic carbocycles. The summed E-state index contributed by atoms with van der Waals surface area (Å²) in [6, 6.07) is 15.5. The normalized spacial score (nSPS) is 14.1. The molecule has 1 heterocycles. The second-order valence-corrected chi connectivity index (χ2v) is 7.34. The molecule has 0 saturated carbocycles. The minimum atomic E-state index is -0.105. The van der Waals surface area contributed by atoms with Crippen LogP contribution in [-0.4, -0.2) is 42.9 Å². The standard InChI is InChI=1S/C23H29N3O2/c1-3-4-5-22(27)26-16-14-25(15-17-26)21-12-10-20(11-13-21)24-23(28)19-8-6-18(2)7-9-19/h6-13H,3-5,14-17H2,1-2H3,(H,24,28). The molecule has 0 spiro atoms. The van der Waals surface area contributed by atoms with Crippen molar-refractivity contribution in [3.05, 3.63) is 59.7 Å². The van der Waals surface area contributed by atoms with Gasteiger partial charge in [0.1, 0.15) is 0 Å². The van der Waals surface area contributed by atoms with Gasteiger partial charge in [-0.25, -0.2) is 0 Å². The zero-order chi connectivity index (χ0) is 19.9. The first kappa shape index (κ1) is 19.9. The summed E-state index contributed by atoms with van der Waals surface area (Å²) in [7, 11) is 0. The van der Waals surface area contributed by atoms with Crippen molar-refractivity contribution in [3.63, 3.8) is 0 Å².